The van der Waals surface area contributed by atoms with Crippen LogP contribution in [-0.4, -0.2) is 35.5 Å². The third-order valence-electron chi connectivity index (χ3n) is 5.68. The van der Waals surface area contributed by atoms with E-state index in [0.29, 0.717) is 6.54 Å². The number of likely N-dealkylation sites (tertiary alicyclic amines) is 1. The van der Waals surface area contributed by atoms with E-state index in [4.69, 9.17) is 9.47 Å². The van der Waals surface area contributed by atoms with Crippen molar-refractivity contribution >= 4 is 0 Å². The van der Waals surface area contributed by atoms with Gasteiger partial charge >= 0.3 is 0 Å². The molecule has 1 aliphatic carbocycles. The molecule has 2 aliphatic heterocycles. The summed E-state index contributed by atoms with van der Waals surface area (Å²) in [4.78, 5) is 2.21. The highest BCUT2D eigenvalue weighted by atomic mass is 16.7. The van der Waals surface area contributed by atoms with E-state index in [-0.39, 0.29) is 18.8 Å². The van der Waals surface area contributed by atoms with Gasteiger partial charge in [0.05, 0.1) is 18.2 Å². The Bertz CT molecular complexity index is 642. The molecule has 2 fully saturated rings. The Morgan fingerprint density at radius 2 is 2.13 bits per heavy atom. The third kappa shape index (κ3) is 2.46. The lowest BCUT2D eigenvalue weighted by Gasteiger charge is -2.52. The van der Waals surface area contributed by atoms with Crippen LogP contribution in [0.2, 0.25) is 0 Å². The average Bonchev–Trinajstić information content (AvgIpc) is 3.02. The van der Waals surface area contributed by atoms with Crippen molar-refractivity contribution in [2.75, 3.05) is 19.9 Å². The van der Waals surface area contributed by atoms with Crippen LogP contribution in [0.1, 0.15) is 43.7 Å². The van der Waals surface area contributed by atoms with Gasteiger partial charge in [0, 0.05) is 18.5 Å². The van der Waals surface area contributed by atoms with E-state index < -0.39 is 5.60 Å². The highest BCUT2D eigenvalue weighted by Crippen LogP contribution is 2.50. The number of ether oxygens (including phenoxy) is 2. The van der Waals surface area contributed by atoms with E-state index in [9.17, 15) is 10.4 Å². The number of aliphatic hydroxyl groups is 1. The van der Waals surface area contributed by atoms with Gasteiger partial charge in [0.15, 0.2) is 11.5 Å². The van der Waals surface area contributed by atoms with Crippen LogP contribution in [-0.2, 0) is 0 Å². The van der Waals surface area contributed by atoms with Gasteiger partial charge < -0.3 is 14.6 Å². The van der Waals surface area contributed by atoms with Crippen LogP contribution >= 0.6 is 0 Å². The quantitative estimate of drug-likeness (QED) is 0.850. The summed E-state index contributed by atoms with van der Waals surface area (Å²) < 4.78 is 10.9. The van der Waals surface area contributed by atoms with E-state index in [1.54, 1.807) is 0 Å². The molecule has 0 bridgehead atoms. The predicted octanol–water partition coefficient (Wildman–Crippen LogP) is 2.61. The summed E-state index contributed by atoms with van der Waals surface area (Å²) in [5.74, 6) is 1.72. The fourth-order valence-corrected chi connectivity index (χ4v) is 4.55. The second-order valence-electron chi connectivity index (χ2n) is 6.89. The lowest BCUT2D eigenvalue weighted by molar-refractivity contribution is -0.121. The molecule has 1 aromatic rings. The largest absolute Gasteiger partial charge is 0.454 e. The summed E-state index contributed by atoms with van der Waals surface area (Å²) in [7, 11) is 0. The number of fused-ring (bicyclic) bond motifs is 2. The summed E-state index contributed by atoms with van der Waals surface area (Å²) in [6.45, 7) is 1.42. The van der Waals surface area contributed by atoms with Crippen LogP contribution in [0.15, 0.2) is 18.2 Å². The molecule has 1 saturated carbocycles. The van der Waals surface area contributed by atoms with Crippen molar-refractivity contribution in [2.24, 2.45) is 5.92 Å². The molecule has 1 saturated heterocycles. The molecule has 5 heteroatoms. The summed E-state index contributed by atoms with van der Waals surface area (Å²) in [6.07, 6.45) is 4.89. The Kier molecular flexibility index (Phi) is 3.67. The Hall–Kier alpha value is -1.77. The first kappa shape index (κ1) is 14.8. The molecule has 122 valence electrons. The zero-order valence-electron chi connectivity index (χ0n) is 13.2. The van der Waals surface area contributed by atoms with Gasteiger partial charge in [-0.05, 0) is 37.0 Å². The molecule has 0 aromatic heterocycles. The molecule has 4 rings (SSSR count). The molecule has 1 N–H and O–H groups in total. The number of rotatable bonds is 2. The fraction of sp³-hybridized carbons (Fsp3) is 0.611. The molecule has 0 spiro atoms. The first-order chi connectivity index (χ1) is 11.2. The number of benzene rings is 1. The number of piperidine rings is 1. The van der Waals surface area contributed by atoms with Crippen LogP contribution in [0, 0.1) is 17.2 Å². The van der Waals surface area contributed by atoms with E-state index in [0.717, 1.165) is 55.7 Å². The van der Waals surface area contributed by atoms with E-state index in [1.807, 2.05) is 12.1 Å². The van der Waals surface area contributed by atoms with Gasteiger partial charge in [-0.25, -0.2) is 0 Å². The van der Waals surface area contributed by atoms with Crippen LogP contribution < -0.4 is 9.47 Å². The van der Waals surface area contributed by atoms with Gasteiger partial charge in [0.1, 0.15) is 0 Å². The maximum Gasteiger partial charge on any atom is 0.231 e. The van der Waals surface area contributed by atoms with Crippen molar-refractivity contribution in [3.8, 4) is 17.6 Å². The standard InChI is InChI=1S/C18H22N2O3/c19-8-10-20-9-7-18(21)6-2-1-3-14(18)17(20)13-4-5-15-16(11-13)23-12-22-15/h4-5,11,14,17,21H,1-3,6-7,9-10,12H2/t14-,17+,18+/m1/s1. The average molecular weight is 314 g/mol. The molecule has 0 radical (unpaired) electrons. The van der Waals surface area contributed by atoms with Crippen LogP contribution in [0.25, 0.3) is 0 Å². The Balaban J connectivity index is 1.72. The predicted molar refractivity (Wildman–Crippen MR) is 84.0 cm³/mol. The number of hydrogen-bond acceptors (Lipinski definition) is 5. The summed E-state index contributed by atoms with van der Waals surface area (Å²) in [6, 6.07) is 8.39. The molecule has 0 amide bonds. The molecular formula is C18H22N2O3. The zero-order chi connectivity index (χ0) is 15.9. The van der Waals surface area contributed by atoms with Crippen LogP contribution in [0.4, 0.5) is 0 Å². The Morgan fingerprint density at radius 1 is 1.26 bits per heavy atom. The van der Waals surface area contributed by atoms with E-state index in [1.165, 1.54) is 0 Å². The Morgan fingerprint density at radius 3 is 3.00 bits per heavy atom. The summed E-state index contributed by atoms with van der Waals surface area (Å²) in [5.41, 5.74) is 0.528. The highest BCUT2D eigenvalue weighted by molar-refractivity contribution is 5.45. The monoisotopic (exact) mass is 314 g/mol. The second kappa shape index (κ2) is 5.70. The number of nitriles is 1. The van der Waals surface area contributed by atoms with Gasteiger partial charge in [-0.1, -0.05) is 18.9 Å². The van der Waals surface area contributed by atoms with Crippen molar-refractivity contribution < 1.29 is 14.6 Å². The van der Waals surface area contributed by atoms with Crippen molar-refractivity contribution in [1.29, 1.82) is 5.26 Å². The van der Waals surface area contributed by atoms with Gasteiger partial charge in [0.2, 0.25) is 6.79 Å². The van der Waals surface area contributed by atoms with Gasteiger partial charge in [-0.15, -0.1) is 0 Å². The van der Waals surface area contributed by atoms with Crippen molar-refractivity contribution in [3.05, 3.63) is 23.8 Å². The number of nitrogens with zero attached hydrogens (tertiary/aromatic N) is 2. The van der Waals surface area contributed by atoms with Crippen molar-refractivity contribution in [2.45, 2.75) is 43.7 Å². The molecule has 0 unspecified atom stereocenters. The second-order valence-corrected chi connectivity index (χ2v) is 6.89. The van der Waals surface area contributed by atoms with Gasteiger partial charge in [-0.2, -0.15) is 5.26 Å². The molecule has 3 atom stereocenters. The molecular weight excluding hydrogens is 292 g/mol. The lowest BCUT2D eigenvalue weighted by atomic mass is 9.66. The summed E-state index contributed by atoms with van der Waals surface area (Å²) >= 11 is 0. The minimum atomic E-state index is -0.592. The topological polar surface area (TPSA) is 65.7 Å². The SMILES string of the molecule is N#CCN1CC[C@@]2(O)CCCC[C@@H]2[C@@H]1c1ccc2c(c1)OCO2. The maximum atomic E-state index is 11.1. The molecule has 2 heterocycles. The van der Waals surface area contributed by atoms with Crippen LogP contribution in [0.5, 0.6) is 11.5 Å². The van der Waals surface area contributed by atoms with E-state index in [2.05, 4.69) is 17.0 Å². The van der Waals surface area contributed by atoms with Crippen molar-refractivity contribution in [1.82, 2.24) is 4.90 Å². The first-order valence-electron chi connectivity index (χ1n) is 8.44. The van der Waals surface area contributed by atoms with Crippen molar-refractivity contribution in [3.63, 3.8) is 0 Å². The normalized spacial score (nSPS) is 33.0. The molecule has 23 heavy (non-hydrogen) atoms. The Labute approximate surface area is 136 Å². The third-order valence-corrected chi connectivity index (χ3v) is 5.68. The number of hydrogen-bond donors (Lipinski definition) is 1. The maximum absolute atomic E-state index is 11.1. The minimum absolute atomic E-state index is 0.0724. The minimum Gasteiger partial charge on any atom is -0.454 e. The molecule has 3 aliphatic rings. The van der Waals surface area contributed by atoms with Crippen LogP contribution in [0.3, 0.4) is 0 Å². The van der Waals surface area contributed by atoms with Gasteiger partial charge in [0.25, 0.3) is 0 Å². The lowest BCUT2D eigenvalue weighted by Crippen LogP contribution is -2.54. The molecule has 5 nitrogen and oxygen atoms in total. The fourth-order valence-electron chi connectivity index (χ4n) is 4.55. The summed E-state index contributed by atoms with van der Waals surface area (Å²) in [5, 5.41) is 20.3. The smallest absolute Gasteiger partial charge is 0.231 e. The van der Waals surface area contributed by atoms with E-state index >= 15 is 0 Å². The zero-order valence-corrected chi connectivity index (χ0v) is 13.2. The first-order valence-corrected chi connectivity index (χ1v) is 8.44. The van der Waals surface area contributed by atoms with Gasteiger partial charge in [-0.3, -0.25) is 4.90 Å². The highest BCUT2D eigenvalue weighted by Gasteiger charge is 2.48. The molecule has 1 aromatic carbocycles.